The van der Waals surface area contributed by atoms with Crippen LogP contribution in [0.1, 0.15) is 60.4 Å². The zero-order valence-electron chi connectivity index (χ0n) is 13.9. The first kappa shape index (κ1) is 15.8. The summed E-state index contributed by atoms with van der Waals surface area (Å²) in [5.41, 5.74) is 6.90. The first-order valence-electron chi connectivity index (χ1n) is 8.01. The summed E-state index contributed by atoms with van der Waals surface area (Å²) in [4.78, 5) is 0. The minimum Gasteiger partial charge on any atom is -0.467 e. The van der Waals surface area contributed by atoms with Gasteiger partial charge in [0.05, 0.1) is 12.3 Å². The Bertz CT molecular complexity index is 572. The van der Waals surface area contributed by atoms with Gasteiger partial charge in [-0.05, 0) is 67.1 Å². The lowest BCUT2D eigenvalue weighted by Gasteiger charge is -2.23. The quantitative estimate of drug-likeness (QED) is 0.840. The van der Waals surface area contributed by atoms with E-state index in [1.165, 1.54) is 27.8 Å². The van der Waals surface area contributed by atoms with Crippen molar-refractivity contribution < 1.29 is 4.42 Å². The molecule has 114 valence electrons. The molecule has 0 fully saturated rings. The number of rotatable bonds is 6. The van der Waals surface area contributed by atoms with Crippen LogP contribution in [-0.2, 0) is 19.3 Å². The van der Waals surface area contributed by atoms with Gasteiger partial charge >= 0.3 is 0 Å². The Balaban J connectivity index is 2.62. The van der Waals surface area contributed by atoms with Gasteiger partial charge in [0.15, 0.2) is 0 Å². The fourth-order valence-electron chi connectivity index (χ4n) is 3.10. The Morgan fingerprint density at radius 1 is 1.05 bits per heavy atom. The smallest absolute Gasteiger partial charge is 0.128 e. The lowest BCUT2D eigenvalue weighted by Crippen LogP contribution is -2.21. The van der Waals surface area contributed by atoms with E-state index < -0.39 is 0 Å². The van der Waals surface area contributed by atoms with Gasteiger partial charge < -0.3 is 9.73 Å². The van der Waals surface area contributed by atoms with Crippen LogP contribution in [0.3, 0.4) is 0 Å². The Morgan fingerprint density at radius 3 is 2.05 bits per heavy atom. The van der Waals surface area contributed by atoms with Crippen LogP contribution in [0.2, 0.25) is 0 Å². The lowest BCUT2D eigenvalue weighted by molar-refractivity contribution is 0.458. The molecule has 2 aromatic rings. The minimum atomic E-state index is 0.135. The summed E-state index contributed by atoms with van der Waals surface area (Å²) in [5, 5.41) is 3.45. The van der Waals surface area contributed by atoms with Gasteiger partial charge in [0.1, 0.15) is 5.76 Å². The van der Waals surface area contributed by atoms with Gasteiger partial charge in [0.2, 0.25) is 0 Å². The zero-order valence-corrected chi connectivity index (χ0v) is 13.9. The lowest BCUT2D eigenvalue weighted by atomic mass is 9.87. The maximum absolute atomic E-state index is 5.76. The Hall–Kier alpha value is -1.54. The van der Waals surface area contributed by atoms with Crippen LogP contribution >= 0.6 is 0 Å². The fourth-order valence-corrected chi connectivity index (χ4v) is 3.10. The number of hydrogen-bond donors (Lipinski definition) is 1. The molecule has 1 atom stereocenters. The minimum absolute atomic E-state index is 0.135. The van der Waals surface area contributed by atoms with E-state index in [4.69, 9.17) is 4.42 Å². The molecular weight excluding hydrogens is 258 g/mol. The van der Waals surface area contributed by atoms with Crippen molar-refractivity contribution in [2.24, 2.45) is 0 Å². The van der Waals surface area contributed by atoms with Crippen LogP contribution in [0.15, 0.2) is 28.9 Å². The van der Waals surface area contributed by atoms with Crippen LogP contribution < -0.4 is 5.32 Å². The molecular formula is C19H27NO. The van der Waals surface area contributed by atoms with E-state index in [0.29, 0.717) is 0 Å². The van der Waals surface area contributed by atoms with Crippen LogP contribution in [0.5, 0.6) is 0 Å². The molecule has 1 aromatic heterocycles. The monoisotopic (exact) mass is 285 g/mol. The third kappa shape index (κ3) is 3.06. The van der Waals surface area contributed by atoms with Crippen LogP contribution in [0.25, 0.3) is 0 Å². The molecule has 1 unspecified atom stereocenters. The Morgan fingerprint density at radius 2 is 1.67 bits per heavy atom. The van der Waals surface area contributed by atoms with Crippen molar-refractivity contribution in [2.75, 3.05) is 7.05 Å². The van der Waals surface area contributed by atoms with Gasteiger partial charge in [-0.2, -0.15) is 0 Å². The van der Waals surface area contributed by atoms with Crippen molar-refractivity contribution in [3.63, 3.8) is 0 Å². The third-order valence-corrected chi connectivity index (χ3v) is 4.32. The second-order valence-corrected chi connectivity index (χ2v) is 5.58. The molecule has 0 bridgehead atoms. The molecule has 1 heterocycles. The topological polar surface area (TPSA) is 25.2 Å². The molecule has 2 heteroatoms. The molecule has 2 rings (SSSR count). The molecule has 1 aromatic carbocycles. The molecule has 1 N–H and O–H groups in total. The average molecular weight is 285 g/mol. The molecule has 0 radical (unpaired) electrons. The van der Waals surface area contributed by atoms with Gasteiger partial charge in [0, 0.05) is 0 Å². The van der Waals surface area contributed by atoms with Crippen molar-refractivity contribution in [2.45, 2.75) is 53.0 Å². The summed E-state index contributed by atoms with van der Waals surface area (Å²) in [6.07, 6.45) is 4.97. The van der Waals surface area contributed by atoms with E-state index in [2.05, 4.69) is 45.1 Å². The van der Waals surface area contributed by atoms with Gasteiger partial charge in [-0.1, -0.05) is 32.9 Å². The first-order chi connectivity index (χ1) is 10.2. The predicted molar refractivity (Wildman–Crippen MR) is 88.9 cm³/mol. The number of benzene rings is 1. The number of aryl methyl sites for hydroxylation is 4. The van der Waals surface area contributed by atoms with E-state index >= 15 is 0 Å². The second kappa shape index (κ2) is 6.95. The van der Waals surface area contributed by atoms with Crippen molar-refractivity contribution in [1.82, 2.24) is 5.32 Å². The third-order valence-electron chi connectivity index (χ3n) is 4.32. The second-order valence-electron chi connectivity index (χ2n) is 5.58. The van der Waals surface area contributed by atoms with Crippen molar-refractivity contribution in [1.29, 1.82) is 0 Å². The van der Waals surface area contributed by atoms with Crippen molar-refractivity contribution >= 4 is 0 Å². The summed E-state index contributed by atoms with van der Waals surface area (Å²) in [5.74, 6) is 1.03. The molecule has 21 heavy (non-hydrogen) atoms. The van der Waals surface area contributed by atoms with E-state index in [9.17, 15) is 0 Å². The van der Waals surface area contributed by atoms with Crippen LogP contribution in [-0.4, -0.2) is 7.05 Å². The molecule has 0 amide bonds. The largest absolute Gasteiger partial charge is 0.467 e. The Labute approximate surface area is 128 Å². The van der Waals surface area contributed by atoms with E-state index in [1.54, 1.807) is 6.26 Å². The molecule has 0 saturated heterocycles. The normalized spacial score (nSPS) is 12.6. The molecule has 0 aliphatic carbocycles. The highest BCUT2D eigenvalue weighted by Gasteiger charge is 2.23. The van der Waals surface area contributed by atoms with Crippen LogP contribution in [0.4, 0.5) is 0 Å². The number of hydrogen-bond acceptors (Lipinski definition) is 2. The van der Waals surface area contributed by atoms with Gasteiger partial charge in [0.25, 0.3) is 0 Å². The van der Waals surface area contributed by atoms with E-state index in [-0.39, 0.29) is 6.04 Å². The summed E-state index contributed by atoms with van der Waals surface area (Å²) >= 11 is 0. The maximum Gasteiger partial charge on any atom is 0.128 e. The van der Waals surface area contributed by atoms with Gasteiger partial charge in [-0.25, -0.2) is 0 Å². The van der Waals surface area contributed by atoms with Crippen molar-refractivity contribution in [3.8, 4) is 0 Å². The SMILES string of the molecule is CCc1cc(CC)c(C(NC)c2occc2C)c(CC)c1. The van der Waals surface area contributed by atoms with Crippen molar-refractivity contribution in [3.05, 3.63) is 58.0 Å². The standard InChI is InChI=1S/C19H27NO/c1-6-14-11-15(7-2)17(16(8-3)12-14)18(20-5)19-13(4)9-10-21-19/h9-12,18,20H,6-8H2,1-5H3. The van der Waals surface area contributed by atoms with E-state index in [0.717, 1.165) is 25.0 Å². The Kier molecular flexibility index (Phi) is 5.24. The number of nitrogens with one attached hydrogen (secondary N) is 1. The highest BCUT2D eigenvalue weighted by molar-refractivity contribution is 5.45. The molecule has 0 aliphatic heterocycles. The predicted octanol–water partition coefficient (Wildman–Crippen LogP) is 4.58. The highest BCUT2D eigenvalue weighted by atomic mass is 16.3. The summed E-state index contributed by atoms with van der Waals surface area (Å²) < 4.78 is 5.76. The van der Waals surface area contributed by atoms with Gasteiger partial charge in [-0.3, -0.25) is 0 Å². The fraction of sp³-hybridized carbons (Fsp3) is 0.474. The van der Waals surface area contributed by atoms with E-state index in [1.807, 2.05) is 13.1 Å². The number of furan rings is 1. The molecule has 0 spiro atoms. The maximum atomic E-state index is 5.76. The first-order valence-corrected chi connectivity index (χ1v) is 8.01. The summed E-state index contributed by atoms with van der Waals surface area (Å²) in [6, 6.07) is 6.89. The van der Waals surface area contributed by atoms with Gasteiger partial charge in [-0.15, -0.1) is 0 Å². The van der Waals surface area contributed by atoms with Crippen LogP contribution in [0, 0.1) is 6.92 Å². The molecule has 0 aliphatic rings. The highest BCUT2D eigenvalue weighted by Crippen LogP contribution is 2.32. The molecule has 2 nitrogen and oxygen atoms in total. The average Bonchev–Trinajstić information content (AvgIpc) is 2.94. The summed E-state index contributed by atoms with van der Waals surface area (Å²) in [6.45, 7) is 8.81. The molecule has 0 saturated carbocycles. The summed E-state index contributed by atoms with van der Waals surface area (Å²) in [7, 11) is 2.01. The zero-order chi connectivity index (χ0) is 15.4.